The molecule has 0 aliphatic heterocycles. The van der Waals surface area contributed by atoms with Gasteiger partial charge in [0.15, 0.2) is 11.6 Å². The molecule has 0 atom stereocenters. The second kappa shape index (κ2) is 5.27. The first-order valence-corrected chi connectivity index (χ1v) is 6.26. The van der Waals surface area contributed by atoms with Crippen LogP contribution < -0.4 is 0 Å². The van der Waals surface area contributed by atoms with Crippen LogP contribution in [0.3, 0.4) is 0 Å². The Morgan fingerprint density at radius 1 is 0.850 bits per heavy atom. The third kappa shape index (κ3) is 2.42. The van der Waals surface area contributed by atoms with Gasteiger partial charge in [0.2, 0.25) is 0 Å². The van der Waals surface area contributed by atoms with Gasteiger partial charge in [-0.2, -0.15) is 0 Å². The van der Waals surface area contributed by atoms with Gasteiger partial charge in [-0.1, -0.05) is 19.9 Å². The minimum Gasteiger partial charge on any atom is -0.206 e. The molecule has 2 aromatic rings. The summed E-state index contributed by atoms with van der Waals surface area (Å²) in [7, 11) is 0. The van der Waals surface area contributed by atoms with E-state index in [2.05, 4.69) is 0 Å². The zero-order chi connectivity index (χ0) is 15.0. The molecule has 0 nitrogen and oxygen atoms in total. The SMILES string of the molecule is Cc1cc(F)c(F)cc1-c1c(F)ccc(C(C)C)c1F. The molecule has 0 fully saturated rings. The van der Waals surface area contributed by atoms with E-state index in [1.807, 2.05) is 0 Å². The number of benzene rings is 2. The first kappa shape index (κ1) is 14.6. The minimum absolute atomic E-state index is 0.0291. The number of halogens is 4. The predicted molar refractivity (Wildman–Crippen MR) is 70.5 cm³/mol. The monoisotopic (exact) mass is 282 g/mol. The molecule has 0 saturated heterocycles. The Balaban J connectivity index is 2.76. The van der Waals surface area contributed by atoms with E-state index in [0.29, 0.717) is 5.56 Å². The maximum Gasteiger partial charge on any atom is 0.159 e. The van der Waals surface area contributed by atoms with Crippen molar-refractivity contribution in [2.75, 3.05) is 0 Å². The Morgan fingerprint density at radius 3 is 2.05 bits per heavy atom. The van der Waals surface area contributed by atoms with E-state index in [-0.39, 0.29) is 22.6 Å². The molecule has 0 amide bonds. The van der Waals surface area contributed by atoms with Crippen molar-refractivity contribution in [3.05, 3.63) is 58.7 Å². The largest absolute Gasteiger partial charge is 0.206 e. The molecule has 0 heterocycles. The Labute approximate surface area is 115 Å². The molecule has 106 valence electrons. The number of hydrogen-bond acceptors (Lipinski definition) is 0. The van der Waals surface area contributed by atoms with E-state index in [4.69, 9.17) is 0 Å². The van der Waals surface area contributed by atoms with Gasteiger partial charge < -0.3 is 0 Å². The average Bonchev–Trinajstić information content (AvgIpc) is 2.35. The van der Waals surface area contributed by atoms with Crippen molar-refractivity contribution in [1.82, 2.24) is 0 Å². The molecule has 0 radical (unpaired) electrons. The summed E-state index contributed by atoms with van der Waals surface area (Å²) in [6.07, 6.45) is 0. The van der Waals surface area contributed by atoms with E-state index in [1.54, 1.807) is 13.8 Å². The number of rotatable bonds is 2. The van der Waals surface area contributed by atoms with Gasteiger partial charge in [-0.15, -0.1) is 0 Å². The molecule has 0 aromatic heterocycles. The Morgan fingerprint density at radius 2 is 1.45 bits per heavy atom. The Hall–Kier alpha value is -1.84. The molecule has 4 heteroatoms. The van der Waals surface area contributed by atoms with Crippen molar-refractivity contribution in [1.29, 1.82) is 0 Å². The standard InChI is InChI=1S/C16H14F4/c1-8(2)10-4-5-12(17)15(16(10)20)11-7-14(19)13(18)6-9(11)3/h4-8H,1-3H3. The van der Waals surface area contributed by atoms with Gasteiger partial charge in [0.05, 0.1) is 5.56 Å². The molecule has 0 unspecified atom stereocenters. The molecule has 0 N–H and O–H groups in total. The fourth-order valence-corrected chi connectivity index (χ4v) is 2.18. The first-order chi connectivity index (χ1) is 9.32. The van der Waals surface area contributed by atoms with Crippen molar-refractivity contribution in [2.45, 2.75) is 26.7 Å². The second-order valence-electron chi connectivity index (χ2n) is 5.06. The molecule has 0 spiro atoms. The van der Waals surface area contributed by atoms with Gasteiger partial charge >= 0.3 is 0 Å². The van der Waals surface area contributed by atoms with Crippen molar-refractivity contribution < 1.29 is 17.6 Å². The lowest BCUT2D eigenvalue weighted by Crippen LogP contribution is -2.01. The lowest BCUT2D eigenvalue weighted by molar-refractivity contribution is 0.507. The Kier molecular flexibility index (Phi) is 3.84. The third-order valence-electron chi connectivity index (χ3n) is 3.28. The van der Waals surface area contributed by atoms with Crippen LogP contribution in [0.4, 0.5) is 17.6 Å². The van der Waals surface area contributed by atoms with Crippen LogP contribution in [0, 0.1) is 30.2 Å². The fraction of sp³-hybridized carbons (Fsp3) is 0.250. The first-order valence-electron chi connectivity index (χ1n) is 6.26. The summed E-state index contributed by atoms with van der Waals surface area (Å²) >= 11 is 0. The normalized spacial score (nSPS) is 11.2. The lowest BCUT2D eigenvalue weighted by atomic mass is 9.93. The lowest BCUT2D eigenvalue weighted by Gasteiger charge is -2.14. The highest BCUT2D eigenvalue weighted by atomic mass is 19.2. The predicted octanol–water partition coefficient (Wildman–Crippen LogP) is 5.34. The summed E-state index contributed by atoms with van der Waals surface area (Å²) in [5.41, 5.74) is 0.335. The highest BCUT2D eigenvalue weighted by molar-refractivity contribution is 5.69. The van der Waals surface area contributed by atoms with Gasteiger partial charge in [-0.3, -0.25) is 0 Å². The quantitative estimate of drug-likeness (QED) is 0.652. The van der Waals surface area contributed by atoms with Gasteiger partial charge in [0.1, 0.15) is 11.6 Å². The molecule has 0 aliphatic rings. The Bertz CT molecular complexity index is 660. The van der Waals surface area contributed by atoms with Crippen LogP contribution in [-0.2, 0) is 0 Å². The van der Waals surface area contributed by atoms with E-state index in [0.717, 1.165) is 18.2 Å². The highest BCUT2D eigenvalue weighted by Crippen LogP contribution is 2.34. The summed E-state index contributed by atoms with van der Waals surface area (Å²) in [6, 6.07) is 4.28. The van der Waals surface area contributed by atoms with Crippen LogP contribution in [0.15, 0.2) is 24.3 Å². The third-order valence-corrected chi connectivity index (χ3v) is 3.28. The minimum atomic E-state index is -1.13. The highest BCUT2D eigenvalue weighted by Gasteiger charge is 2.20. The topological polar surface area (TPSA) is 0 Å². The molecular weight excluding hydrogens is 268 g/mol. The molecule has 2 aromatic carbocycles. The van der Waals surface area contributed by atoms with Gasteiger partial charge in [0.25, 0.3) is 0 Å². The maximum absolute atomic E-state index is 14.4. The van der Waals surface area contributed by atoms with E-state index in [9.17, 15) is 17.6 Å². The van der Waals surface area contributed by atoms with Crippen LogP contribution >= 0.6 is 0 Å². The van der Waals surface area contributed by atoms with E-state index in [1.165, 1.54) is 13.0 Å². The summed E-state index contributed by atoms with van der Waals surface area (Å²) in [5, 5.41) is 0. The van der Waals surface area contributed by atoms with Crippen molar-refractivity contribution >= 4 is 0 Å². The van der Waals surface area contributed by atoms with Crippen molar-refractivity contribution in [3.63, 3.8) is 0 Å². The van der Waals surface area contributed by atoms with E-state index < -0.39 is 23.3 Å². The molecule has 0 aliphatic carbocycles. The van der Waals surface area contributed by atoms with Crippen LogP contribution in [0.25, 0.3) is 11.1 Å². The van der Waals surface area contributed by atoms with Gasteiger partial charge in [-0.25, -0.2) is 17.6 Å². The second-order valence-corrected chi connectivity index (χ2v) is 5.06. The summed E-state index contributed by atoms with van der Waals surface area (Å²) in [5.74, 6) is -3.82. The smallest absolute Gasteiger partial charge is 0.159 e. The maximum atomic E-state index is 14.4. The summed E-state index contributed by atoms with van der Waals surface area (Å²) in [4.78, 5) is 0. The number of aryl methyl sites for hydroxylation is 1. The van der Waals surface area contributed by atoms with Crippen molar-refractivity contribution in [3.8, 4) is 11.1 Å². The number of hydrogen-bond donors (Lipinski definition) is 0. The zero-order valence-corrected chi connectivity index (χ0v) is 11.4. The van der Waals surface area contributed by atoms with E-state index >= 15 is 0 Å². The van der Waals surface area contributed by atoms with Gasteiger partial charge in [0, 0.05) is 0 Å². The van der Waals surface area contributed by atoms with Crippen molar-refractivity contribution in [2.24, 2.45) is 0 Å². The van der Waals surface area contributed by atoms with Crippen LogP contribution in [-0.4, -0.2) is 0 Å². The fourth-order valence-electron chi connectivity index (χ4n) is 2.18. The average molecular weight is 282 g/mol. The molecular formula is C16H14F4. The van der Waals surface area contributed by atoms with Gasteiger partial charge in [-0.05, 0) is 47.7 Å². The van der Waals surface area contributed by atoms with Crippen LogP contribution in [0.1, 0.15) is 30.9 Å². The molecule has 20 heavy (non-hydrogen) atoms. The van der Waals surface area contributed by atoms with Crippen LogP contribution in [0.2, 0.25) is 0 Å². The molecule has 2 rings (SSSR count). The molecule has 0 saturated carbocycles. The summed E-state index contributed by atoms with van der Waals surface area (Å²) in [6.45, 7) is 5.04. The summed E-state index contributed by atoms with van der Waals surface area (Å²) < 4.78 is 54.8. The van der Waals surface area contributed by atoms with Crippen LogP contribution in [0.5, 0.6) is 0 Å². The molecule has 0 bridgehead atoms. The zero-order valence-electron chi connectivity index (χ0n) is 11.4.